The SMILES string of the molecule is C=CCN1CCC[C@H](C(=O)O)C1. The molecule has 0 saturated carbocycles. The molecule has 1 atom stereocenters. The van der Waals surface area contributed by atoms with E-state index >= 15 is 0 Å². The Bertz CT molecular complexity index is 179. The maximum absolute atomic E-state index is 10.7. The number of hydrogen-bond donors (Lipinski definition) is 1. The number of aliphatic carboxylic acids is 1. The summed E-state index contributed by atoms with van der Waals surface area (Å²) in [7, 11) is 0. The molecule has 68 valence electrons. The van der Waals surface area contributed by atoms with Crippen LogP contribution in [-0.4, -0.2) is 35.6 Å². The minimum absolute atomic E-state index is 0.168. The summed E-state index contributed by atoms with van der Waals surface area (Å²) in [6, 6.07) is 0. The van der Waals surface area contributed by atoms with Crippen LogP contribution >= 0.6 is 0 Å². The van der Waals surface area contributed by atoms with Crippen LogP contribution in [-0.2, 0) is 4.79 Å². The van der Waals surface area contributed by atoms with Gasteiger partial charge in [0, 0.05) is 13.1 Å². The zero-order valence-corrected chi connectivity index (χ0v) is 7.20. The maximum atomic E-state index is 10.7. The van der Waals surface area contributed by atoms with E-state index in [2.05, 4.69) is 11.5 Å². The van der Waals surface area contributed by atoms with Gasteiger partial charge in [-0.15, -0.1) is 6.58 Å². The zero-order chi connectivity index (χ0) is 8.97. The van der Waals surface area contributed by atoms with Crippen molar-refractivity contribution in [2.45, 2.75) is 12.8 Å². The maximum Gasteiger partial charge on any atom is 0.307 e. The average Bonchev–Trinajstić information content (AvgIpc) is 2.05. The summed E-state index contributed by atoms with van der Waals surface area (Å²) in [5.41, 5.74) is 0. The molecule has 12 heavy (non-hydrogen) atoms. The first-order chi connectivity index (χ1) is 5.74. The lowest BCUT2D eigenvalue weighted by Gasteiger charge is -2.29. The summed E-state index contributed by atoms with van der Waals surface area (Å²) < 4.78 is 0. The Morgan fingerprint density at radius 1 is 1.75 bits per heavy atom. The molecule has 3 nitrogen and oxygen atoms in total. The van der Waals surface area contributed by atoms with E-state index in [0.717, 1.165) is 25.9 Å². The van der Waals surface area contributed by atoms with Crippen molar-refractivity contribution in [1.82, 2.24) is 4.90 Å². The van der Waals surface area contributed by atoms with Crippen LogP contribution in [0.25, 0.3) is 0 Å². The first-order valence-electron chi connectivity index (χ1n) is 4.30. The molecule has 1 fully saturated rings. The fraction of sp³-hybridized carbons (Fsp3) is 0.667. The van der Waals surface area contributed by atoms with Crippen molar-refractivity contribution in [2.75, 3.05) is 19.6 Å². The number of carboxylic acid groups (broad SMARTS) is 1. The lowest BCUT2D eigenvalue weighted by atomic mass is 9.98. The van der Waals surface area contributed by atoms with Crippen LogP contribution in [0, 0.1) is 5.92 Å². The van der Waals surface area contributed by atoms with Gasteiger partial charge < -0.3 is 5.11 Å². The third kappa shape index (κ3) is 2.34. The van der Waals surface area contributed by atoms with Crippen LogP contribution < -0.4 is 0 Å². The van der Waals surface area contributed by atoms with Gasteiger partial charge in [-0.25, -0.2) is 0 Å². The van der Waals surface area contributed by atoms with Crippen molar-refractivity contribution >= 4 is 5.97 Å². The Kier molecular flexibility index (Phi) is 3.29. The molecule has 1 heterocycles. The van der Waals surface area contributed by atoms with E-state index in [1.807, 2.05) is 6.08 Å². The van der Waals surface area contributed by atoms with Gasteiger partial charge in [0.2, 0.25) is 0 Å². The largest absolute Gasteiger partial charge is 0.481 e. The van der Waals surface area contributed by atoms with Gasteiger partial charge in [0.1, 0.15) is 0 Å². The summed E-state index contributed by atoms with van der Waals surface area (Å²) in [4.78, 5) is 12.8. The highest BCUT2D eigenvalue weighted by Gasteiger charge is 2.24. The van der Waals surface area contributed by atoms with Gasteiger partial charge in [-0.1, -0.05) is 6.08 Å². The quantitative estimate of drug-likeness (QED) is 0.640. The molecule has 1 N–H and O–H groups in total. The summed E-state index contributed by atoms with van der Waals surface area (Å²) >= 11 is 0. The van der Waals surface area contributed by atoms with Crippen LogP contribution in [0.4, 0.5) is 0 Å². The molecule has 0 unspecified atom stereocenters. The van der Waals surface area contributed by atoms with E-state index in [1.165, 1.54) is 0 Å². The minimum Gasteiger partial charge on any atom is -0.481 e. The molecule has 1 aliphatic heterocycles. The molecule has 0 aliphatic carbocycles. The summed E-state index contributed by atoms with van der Waals surface area (Å²) in [5.74, 6) is -0.831. The number of rotatable bonds is 3. The number of likely N-dealkylation sites (tertiary alicyclic amines) is 1. The molecule has 0 aromatic heterocycles. The fourth-order valence-corrected chi connectivity index (χ4v) is 1.61. The van der Waals surface area contributed by atoms with Gasteiger partial charge in [-0.3, -0.25) is 9.69 Å². The molecular formula is C9H15NO2. The van der Waals surface area contributed by atoms with Crippen LogP contribution in [0.3, 0.4) is 0 Å². The van der Waals surface area contributed by atoms with E-state index in [1.54, 1.807) is 0 Å². The van der Waals surface area contributed by atoms with E-state index in [-0.39, 0.29) is 5.92 Å². The van der Waals surface area contributed by atoms with E-state index in [4.69, 9.17) is 5.11 Å². The highest BCUT2D eigenvalue weighted by molar-refractivity contribution is 5.70. The van der Waals surface area contributed by atoms with E-state index in [0.29, 0.717) is 6.54 Å². The van der Waals surface area contributed by atoms with Gasteiger partial charge in [0.05, 0.1) is 5.92 Å². The number of nitrogens with zero attached hydrogens (tertiary/aromatic N) is 1. The van der Waals surface area contributed by atoms with Crippen molar-refractivity contribution in [3.05, 3.63) is 12.7 Å². The Labute approximate surface area is 72.7 Å². The van der Waals surface area contributed by atoms with Gasteiger partial charge in [0.25, 0.3) is 0 Å². The zero-order valence-electron chi connectivity index (χ0n) is 7.20. The normalized spacial score (nSPS) is 25.2. The standard InChI is InChI=1S/C9H15NO2/c1-2-5-10-6-3-4-8(7-10)9(11)12/h2,8H,1,3-7H2,(H,11,12)/t8-/m0/s1. The number of carboxylic acids is 1. The van der Waals surface area contributed by atoms with E-state index in [9.17, 15) is 4.79 Å². The first-order valence-corrected chi connectivity index (χ1v) is 4.30. The Morgan fingerprint density at radius 2 is 2.50 bits per heavy atom. The van der Waals surface area contributed by atoms with Crippen molar-refractivity contribution < 1.29 is 9.90 Å². The molecule has 0 amide bonds. The molecule has 3 heteroatoms. The van der Waals surface area contributed by atoms with Gasteiger partial charge in [-0.05, 0) is 19.4 Å². The lowest BCUT2D eigenvalue weighted by molar-refractivity contribution is -0.143. The molecule has 0 aromatic rings. The summed E-state index contributed by atoms with van der Waals surface area (Å²) in [6.45, 7) is 6.14. The van der Waals surface area contributed by atoms with Crippen molar-refractivity contribution in [1.29, 1.82) is 0 Å². The van der Waals surface area contributed by atoms with Gasteiger partial charge >= 0.3 is 5.97 Å². The molecule has 1 saturated heterocycles. The molecular weight excluding hydrogens is 154 g/mol. The fourth-order valence-electron chi connectivity index (χ4n) is 1.61. The monoisotopic (exact) mass is 169 g/mol. The summed E-state index contributed by atoms with van der Waals surface area (Å²) in [6.07, 6.45) is 3.64. The third-order valence-corrected chi connectivity index (χ3v) is 2.24. The molecule has 1 aliphatic rings. The average molecular weight is 169 g/mol. The Balaban J connectivity index is 2.39. The van der Waals surface area contributed by atoms with Crippen LogP contribution in [0.1, 0.15) is 12.8 Å². The predicted octanol–water partition coefficient (Wildman–Crippen LogP) is 0.969. The second-order valence-electron chi connectivity index (χ2n) is 3.23. The number of hydrogen-bond acceptors (Lipinski definition) is 2. The smallest absolute Gasteiger partial charge is 0.307 e. The van der Waals surface area contributed by atoms with Crippen molar-refractivity contribution in [2.24, 2.45) is 5.92 Å². The van der Waals surface area contributed by atoms with Crippen LogP contribution in [0.2, 0.25) is 0 Å². The second-order valence-corrected chi connectivity index (χ2v) is 3.23. The second kappa shape index (κ2) is 4.26. The Hall–Kier alpha value is -0.830. The van der Waals surface area contributed by atoms with E-state index < -0.39 is 5.97 Å². The lowest BCUT2D eigenvalue weighted by Crippen LogP contribution is -2.38. The molecule has 0 radical (unpaired) electrons. The highest BCUT2D eigenvalue weighted by atomic mass is 16.4. The Morgan fingerprint density at radius 3 is 3.08 bits per heavy atom. The third-order valence-electron chi connectivity index (χ3n) is 2.24. The van der Waals surface area contributed by atoms with Gasteiger partial charge in [0.15, 0.2) is 0 Å². The highest BCUT2D eigenvalue weighted by Crippen LogP contribution is 2.15. The summed E-state index contributed by atoms with van der Waals surface area (Å²) in [5, 5.41) is 8.77. The number of piperidine rings is 1. The number of carbonyl (C=O) groups is 1. The van der Waals surface area contributed by atoms with Crippen molar-refractivity contribution in [3.63, 3.8) is 0 Å². The molecule has 0 spiro atoms. The van der Waals surface area contributed by atoms with Gasteiger partial charge in [-0.2, -0.15) is 0 Å². The van der Waals surface area contributed by atoms with Crippen molar-refractivity contribution in [3.8, 4) is 0 Å². The molecule has 0 aromatic carbocycles. The molecule has 0 bridgehead atoms. The molecule has 1 rings (SSSR count). The first kappa shape index (κ1) is 9.26. The van der Waals surface area contributed by atoms with Crippen LogP contribution in [0.5, 0.6) is 0 Å². The predicted molar refractivity (Wildman–Crippen MR) is 47.0 cm³/mol. The topological polar surface area (TPSA) is 40.5 Å². The minimum atomic E-state index is -0.663. The van der Waals surface area contributed by atoms with Crippen LogP contribution in [0.15, 0.2) is 12.7 Å².